The summed E-state index contributed by atoms with van der Waals surface area (Å²) in [4.78, 5) is 2.44. The lowest BCUT2D eigenvalue weighted by Gasteiger charge is -2.34. The van der Waals surface area contributed by atoms with E-state index < -0.39 is 0 Å². The van der Waals surface area contributed by atoms with E-state index in [1.54, 1.807) is 0 Å². The number of alkyl halides is 1. The number of hydrogen-bond acceptors (Lipinski definition) is 2. The van der Waals surface area contributed by atoms with Gasteiger partial charge < -0.3 is 9.64 Å². The van der Waals surface area contributed by atoms with Crippen LogP contribution in [0.15, 0.2) is 18.2 Å². The summed E-state index contributed by atoms with van der Waals surface area (Å²) in [7, 11) is 0. The Morgan fingerprint density at radius 2 is 2.06 bits per heavy atom. The van der Waals surface area contributed by atoms with Gasteiger partial charge in [-0.3, -0.25) is 0 Å². The number of hydrogen-bond donors (Lipinski definition) is 0. The molecule has 1 aliphatic heterocycles. The molecule has 0 aromatic heterocycles. The van der Waals surface area contributed by atoms with Crippen LogP contribution in [0.4, 0.5) is 5.69 Å². The minimum absolute atomic E-state index is 0.441. The van der Waals surface area contributed by atoms with Crippen molar-refractivity contribution in [2.45, 2.75) is 38.7 Å². The molecule has 1 aromatic carbocycles. The summed E-state index contributed by atoms with van der Waals surface area (Å²) in [5.74, 6) is 0.586. The van der Waals surface area contributed by atoms with Gasteiger partial charge in [-0.15, -0.1) is 11.6 Å². The molecule has 2 rings (SSSR count). The first-order valence-electron chi connectivity index (χ1n) is 6.76. The Morgan fingerprint density at radius 3 is 2.67 bits per heavy atom. The van der Waals surface area contributed by atoms with E-state index in [-0.39, 0.29) is 0 Å². The first-order valence-corrected chi connectivity index (χ1v) is 7.30. The van der Waals surface area contributed by atoms with Crippen LogP contribution in [0.5, 0.6) is 0 Å². The molecule has 0 unspecified atom stereocenters. The third-order valence-electron chi connectivity index (χ3n) is 3.56. The third kappa shape index (κ3) is 3.18. The van der Waals surface area contributed by atoms with Gasteiger partial charge in [0.2, 0.25) is 0 Å². The topological polar surface area (TPSA) is 12.5 Å². The largest absolute Gasteiger partial charge is 0.378 e. The molecule has 0 atom stereocenters. The van der Waals surface area contributed by atoms with Crippen LogP contribution in [0, 0.1) is 6.92 Å². The molecule has 100 valence electrons. The monoisotopic (exact) mass is 267 g/mol. The third-order valence-corrected chi connectivity index (χ3v) is 3.85. The standard InChI is InChI=1S/C15H22ClNO/c1-3-18-14-6-8-17(9-7-14)15-5-4-12(2)10-13(15)11-16/h4-5,10,14H,3,6-9,11H2,1-2H3. The first kappa shape index (κ1) is 13.7. The second-order valence-corrected chi connectivity index (χ2v) is 5.17. The minimum Gasteiger partial charge on any atom is -0.378 e. The molecule has 0 bridgehead atoms. The maximum atomic E-state index is 6.05. The molecule has 0 amide bonds. The Hall–Kier alpha value is -0.730. The lowest BCUT2D eigenvalue weighted by molar-refractivity contribution is 0.0459. The quantitative estimate of drug-likeness (QED) is 0.771. The summed E-state index contributed by atoms with van der Waals surface area (Å²) in [6.45, 7) is 7.14. The molecule has 0 N–H and O–H groups in total. The van der Waals surface area contributed by atoms with E-state index in [4.69, 9.17) is 16.3 Å². The summed E-state index contributed by atoms with van der Waals surface area (Å²) in [5.41, 5.74) is 3.82. The van der Waals surface area contributed by atoms with Crippen LogP contribution in [0.2, 0.25) is 0 Å². The average molecular weight is 268 g/mol. The Bertz CT molecular complexity index is 386. The van der Waals surface area contributed by atoms with Gasteiger partial charge in [0.25, 0.3) is 0 Å². The van der Waals surface area contributed by atoms with Gasteiger partial charge in [-0.05, 0) is 38.3 Å². The zero-order valence-corrected chi connectivity index (χ0v) is 12.0. The van der Waals surface area contributed by atoms with Crippen LogP contribution < -0.4 is 4.90 Å². The zero-order valence-electron chi connectivity index (χ0n) is 11.3. The van der Waals surface area contributed by atoms with Crippen LogP contribution >= 0.6 is 11.6 Å². The minimum atomic E-state index is 0.441. The Kier molecular flexibility index (Phi) is 4.90. The molecule has 1 aliphatic rings. The zero-order chi connectivity index (χ0) is 13.0. The fourth-order valence-electron chi connectivity index (χ4n) is 2.63. The number of nitrogens with zero attached hydrogens (tertiary/aromatic N) is 1. The number of aryl methyl sites for hydroxylation is 1. The molecular weight excluding hydrogens is 246 g/mol. The smallest absolute Gasteiger partial charge is 0.0608 e. The molecule has 0 aliphatic carbocycles. The molecule has 1 heterocycles. The number of ether oxygens (including phenoxy) is 1. The SMILES string of the molecule is CCOC1CCN(c2ccc(C)cc2CCl)CC1. The van der Waals surface area contributed by atoms with E-state index in [1.807, 2.05) is 0 Å². The molecule has 0 saturated carbocycles. The predicted molar refractivity (Wildman–Crippen MR) is 77.6 cm³/mol. The van der Waals surface area contributed by atoms with Crippen molar-refractivity contribution in [3.05, 3.63) is 29.3 Å². The average Bonchev–Trinajstić information content (AvgIpc) is 2.40. The van der Waals surface area contributed by atoms with Crippen molar-refractivity contribution in [1.29, 1.82) is 0 Å². The molecule has 1 aromatic rings. The maximum absolute atomic E-state index is 6.05. The Labute approximate surface area is 115 Å². The second kappa shape index (κ2) is 6.44. The number of rotatable bonds is 4. The van der Waals surface area contributed by atoms with Crippen molar-refractivity contribution in [2.24, 2.45) is 0 Å². The molecule has 1 saturated heterocycles. The van der Waals surface area contributed by atoms with Crippen molar-refractivity contribution in [3.63, 3.8) is 0 Å². The van der Waals surface area contributed by atoms with E-state index in [0.29, 0.717) is 12.0 Å². The fourth-order valence-corrected chi connectivity index (χ4v) is 2.84. The van der Waals surface area contributed by atoms with Crippen molar-refractivity contribution in [2.75, 3.05) is 24.6 Å². The Balaban J connectivity index is 2.05. The molecule has 3 heteroatoms. The van der Waals surface area contributed by atoms with E-state index in [0.717, 1.165) is 32.5 Å². The van der Waals surface area contributed by atoms with Crippen LogP contribution in [-0.4, -0.2) is 25.8 Å². The Morgan fingerprint density at radius 1 is 1.33 bits per heavy atom. The number of halogens is 1. The fraction of sp³-hybridized carbons (Fsp3) is 0.600. The summed E-state index contributed by atoms with van der Waals surface area (Å²) >= 11 is 6.05. The van der Waals surface area contributed by atoms with Crippen LogP contribution in [0.25, 0.3) is 0 Å². The molecule has 0 radical (unpaired) electrons. The van der Waals surface area contributed by atoms with E-state index in [1.165, 1.54) is 16.8 Å². The highest BCUT2D eigenvalue weighted by molar-refractivity contribution is 6.17. The van der Waals surface area contributed by atoms with Gasteiger partial charge in [0.1, 0.15) is 0 Å². The molecular formula is C15H22ClNO. The van der Waals surface area contributed by atoms with Crippen molar-refractivity contribution < 1.29 is 4.74 Å². The van der Waals surface area contributed by atoms with Gasteiger partial charge in [0.15, 0.2) is 0 Å². The predicted octanol–water partition coefficient (Wildman–Crippen LogP) is 3.74. The highest BCUT2D eigenvalue weighted by atomic mass is 35.5. The van der Waals surface area contributed by atoms with Gasteiger partial charge >= 0.3 is 0 Å². The van der Waals surface area contributed by atoms with E-state index in [2.05, 4.69) is 36.9 Å². The molecule has 0 spiro atoms. The second-order valence-electron chi connectivity index (χ2n) is 4.91. The summed E-state index contributed by atoms with van der Waals surface area (Å²) in [5, 5.41) is 0. The van der Waals surface area contributed by atoms with Crippen molar-refractivity contribution >= 4 is 17.3 Å². The lowest BCUT2D eigenvalue weighted by Crippen LogP contribution is -2.37. The van der Waals surface area contributed by atoms with Crippen LogP contribution in [0.1, 0.15) is 30.9 Å². The van der Waals surface area contributed by atoms with E-state index >= 15 is 0 Å². The normalized spacial score (nSPS) is 17.2. The van der Waals surface area contributed by atoms with Crippen molar-refractivity contribution in [1.82, 2.24) is 0 Å². The van der Waals surface area contributed by atoms with Gasteiger partial charge in [0, 0.05) is 31.3 Å². The maximum Gasteiger partial charge on any atom is 0.0608 e. The summed E-state index contributed by atoms with van der Waals surface area (Å²) < 4.78 is 5.69. The van der Waals surface area contributed by atoms with Gasteiger partial charge in [-0.2, -0.15) is 0 Å². The number of anilines is 1. The van der Waals surface area contributed by atoms with Crippen LogP contribution in [0.3, 0.4) is 0 Å². The van der Waals surface area contributed by atoms with Gasteiger partial charge in [-0.25, -0.2) is 0 Å². The lowest BCUT2D eigenvalue weighted by atomic mass is 10.0. The molecule has 18 heavy (non-hydrogen) atoms. The highest BCUT2D eigenvalue weighted by Gasteiger charge is 2.20. The van der Waals surface area contributed by atoms with Gasteiger partial charge in [0.05, 0.1) is 6.10 Å². The van der Waals surface area contributed by atoms with Gasteiger partial charge in [-0.1, -0.05) is 17.7 Å². The summed E-state index contributed by atoms with van der Waals surface area (Å²) in [6.07, 6.45) is 2.67. The first-order chi connectivity index (χ1) is 8.74. The number of benzene rings is 1. The van der Waals surface area contributed by atoms with Crippen LogP contribution in [-0.2, 0) is 10.6 Å². The molecule has 1 fully saturated rings. The van der Waals surface area contributed by atoms with Crippen molar-refractivity contribution in [3.8, 4) is 0 Å². The number of piperidine rings is 1. The highest BCUT2D eigenvalue weighted by Crippen LogP contribution is 2.27. The summed E-state index contributed by atoms with van der Waals surface area (Å²) in [6, 6.07) is 6.56. The molecule has 2 nitrogen and oxygen atoms in total. The van der Waals surface area contributed by atoms with E-state index in [9.17, 15) is 0 Å².